The van der Waals surface area contributed by atoms with Gasteiger partial charge < -0.3 is 10.2 Å². The van der Waals surface area contributed by atoms with Gasteiger partial charge in [-0.1, -0.05) is 71.1 Å². The molecule has 0 aliphatic heterocycles. The molecule has 0 heterocycles. The van der Waals surface area contributed by atoms with Crippen molar-refractivity contribution in [1.82, 2.24) is 5.48 Å². The first-order chi connectivity index (χ1) is 11.1. The van der Waals surface area contributed by atoms with Gasteiger partial charge in [-0.05, 0) is 19.3 Å². The number of aliphatic hydroxyl groups is 2. The third-order valence-electron chi connectivity index (χ3n) is 4.33. The van der Waals surface area contributed by atoms with Crippen molar-refractivity contribution < 1.29 is 20.2 Å². The van der Waals surface area contributed by atoms with E-state index in [1.54, 1.807) is 5.48 Å². The van der Waals surface area contributed by atoms with Crippen LogP contribution in [-0.4, -0.2) is 33.5 Å². The van der Waals surface area contributed by atoms with Crippen molar-refractivity contribution in [3.05, 3.63) is 0 Å². The molecule has 0 aromatic heterocycles. The first kappa shape index (κ1) is 22.4. The summed E-state index contributed by atoms with van der Waals surface area (Å²) >= 11 is 0. The van der Waals surface area contributed by atoms with Crippen molar-refractivity contribution in [3.8, 4) is 0 Å². The third-order valence-corrected chi connectivity index (χ3v) is 4.33. The van der Waals surface area contributed by atoms with Crippen LogP contribution < -0.4 is 5.48 Å². The predicted octanol–water partition coefficient (Wildman–Crippen LogP) is 3.69. The molecule has 0 saturated heterocycles. The summed E-state index contributed by atoms with van der Waals surface area (Å²) in [6, 6.07) is 0. The molecule has 2 atom stereocenters. The van der Waals surface area contributed by atoms with Gasteiger partial charge in [0.15, 0.2) is 0 Å². The van der Waals surface area contributed by atoms with Crippen LogP contribution >= 0.6 is 0 Å². The maximum absolute atomic E-state index is 10.8. The van der Waals surface area contributed by atoms with E-state index in [1.165, 1.54) is 25.7 Å². The molecular weight excluding hydrogens is 294 g/mol. The van der Waals surface area contributed by atoms with E-state index < -0.39 is 12.2 Å². The molecule has 0 aliphatic carbocycles. The van der Waals surface area contributed by atoms with Crippen LogP contribution in [0.4, 0.5) is 0 Å². The zero-order valence-corrected chi connectivity index (χ0v) is 14.8. The third kappa shape index (κ3) is 14.7. The number of carbonyl (C=O) groups excluding carboxylic acids is 1. The van der Waals surface area contributed by atoms with E-state index in [4.69, 9.17) is 5.21 Å². The minimum absolute atomic E-state index is 0.335. The number of hydroxylamine groups is 1. The lowest BCUT2D eigenvalue weighted by atomic mass is 9.99. The van der Waals surface area contributed by atoms with Gasteiger partial charge in [0, 0.05) is 6.42 Å². The van der Waals surface area contributed by atoms with Crippen molar-refractivity contribution in [3.63, 3.8) is 0 Å². The van der Waals surface area contributed by atoms with Gasteiger partial charge in [0.05, 0.1) is 12.2 Å². The summed E-state index contributed by atoms with van der Waals surface area (Å²) in [6.45, 7) is 2.20. The van der Waals surface area contributed by atoms with E-state index in [1.807, 2.05) is 0 Å². The molecule has 0 aromatic carbocycles. The predicted molar refractivity (Wildman–Crippen MR) is 92.3 cm³/mol. The van der Waals surface area contributed by atoms with E-state index in [-0.39, 0.29) is 5.91 Å². The Kier molecular flexibility index (Phi) is 15.8. The number of hydrogen-bond donors (Lipinski definition) is 4. The Hall–Kier alpha value is -0.650. The molecule has 5 nitrogen and oxygen atoms in total. The summed E-state index contributed by atoms with van der Waals surface area (Å²) in [7, 11) is 0. The topological polar surface area (TPSA) is 89.8 Å². The lowest BCUT2D eigenvalue weighted by Crippen LogP contribution is -2.25. The maximum atomic E-state index is 10.8. The Morgan fingerprint density at radius 2 is 1.22 bits per heavy atom. The van der Waals surface area contributed by atoms with Crippen LogP contribution in [0.15, 0.2) is 0 Å². The second-order valence-electron chi connectivity index (χ2n) is 6.53. The van der Waals surface area contributed by atoms with Crippen LogP contribution in [0.1, 0.15) is 96.8 Å². The molecule has 1 amide bonds. The number of unbranched alkanes of at least 4 members (excludes halogenated alkanes) is 9. The standard InChI is InChI=1S/C18H37NO4/c1-2-3-4-5-7-10-13-16(20)17(21)14-11-8-6-9-12-15-18(22)19-23/h16-17,20-21,23H,2-15H2,1H3,(H,19,22). The molecular formula is C18H37NO4. The summed E-state index contributed by atoms with van der Waals surface area (Å²) in [5, 5.41) is 28.2. The van der Waals surface area contributed by atoms with Crippen molar-refractivity contribution in [1.29, 1.82) is 0 Å². The molecule has 138 valence electrons. The zero-order chi connectivity index (χ0) is 17.3. The van der Waals surface area contributed by atoms with Crippen molar-refractivity contribution in [2.24, 2.45) is 0 Å². The molecule has 4 N–H and O–H groups in total. The zero-order valence-electron chi connectivity index (χ0n) is 14.8. The van der Waals surface area contributed by atoms with Gasteiger partial charge in [0.2, 0.25) is 5.91 Å². The number of amides is 1. The normalized spacial score (nSPS) is 13.7. The molecule has 0 fully saturated rings. The summed E-state index contributed by atoms with van der Waals surface area (Å²) in [5.74, 6) is -0.335. The van der Waals surface area contributed by atoms with Crippen LogP contribution in [0.25, 0.3) is 0 Å². The number of aliphatic hydroxyl groups excluding tert-OH is 2. The minimum atomic E-state index is -0.606. The fourth-order valence-electron chi connectivity index (χ4n) is 2.74. The number of hydrogen-bond acceptors (Lipinski definition) is 4. The Balaban J connectivity index is 3.40. The maximum Gasteiger partial charge on any atom is 0.243 e. The van der Waals surface area contributed by atoms with Gasteiger partial charge in [0.1, 0.15) is 0 Å². The van der Waals surface area contributed by atoms with Crippen LogP contribution in [0.2, 0.25) is 0 Å². The van der Waals surface area contributed by atoms with E-state index in [0.29, 0.717) is 19.3 Å². The first-order valence-electron chi connectivity index (χ1n) is 9.40. The van der Waals surface area contributed by atoms with Gasteiger partial charge in [-0.2, -0.15) is 0 Å². The minimum Gasteiger partial charge on any atom is -0.390 e. The van der Waals surface area contributed by atoms with Gasteiger partial charge >= 0.3 is 0 Å². The number of nitrogens with one attached hydrogen (secondary N) is 1. The molecule has 0 bridgehead atoms. The van der Waals surface area contributed by atoms with Gasteiger partial charge in [-0.15, -0.1) is 0 Å². The average Bonchev–Trinajstić information content (AvgIpc) is 2.56. The Labute approximate surface area is 141 Å². The molecule has 0 radical (unpaired) electrons. The lowest BCUT2D eigenvalue weighted by Gasteiger charge is -2.17. The van der Waals surface area contributed by atoms with Crippen LogP contribution in [0, 0.1) is 0 Å². The fourth-order valence-corrected chi connectivity index (χ4v) is 2.74. The summed E-state index contributed by atoms with van der Waals surface area (Å²) in [5.41, 5.74) is 1.63. The molecule has 0 spiro atoms. The summed E-state index contributed by atoms with van der Waals surface area (Å²) < 4.78 is 0. The Morgan fingerprint density at radius 3 is 1.70 bits per heavy atom. The molecule has 0 aromatic rings. The van der Waals surface area contributed by atoms with E-state index in [0.717, 1.165) is 44.9 Å². The van der Waals surface area contributed by atoms with Crippen molar-refractivity contribution in [2.75, 3.05) is 0 Å². The number of rotatable bonds is 16. The van der Waals surface area contributed by atoms with E-state index in [2.05, 4.69) is 6.92 Å². The van der Waals surface area contributed by atoms with E-state index in [9.17, 15) is 15.0 Å². The summed E-state index contributed by atoms with van der Waals surface area (Å²) in [6.07, 6.45) is 12.3. The van der Waals surface area contributed by atoms with E-state index >= 15 is 0 Å². The lowest BCUT2D eigenvalue weighted by molar-refractivity contribution is -0.129. The second-order valence-corrected chi connectivity index (χ2v) is 6.53. The largest absolute Gasteiger partial charge is 0.390 e. The van der Waals surface area contributed by atoms with Crippen molar-refractivity contribution >= 4 is 5.91 Å². The Bertz CT molecular complexity index is 274. The molecule has 23 heavy (non-hydrogen) atoms. The number of carbonyl (C=O) groups is 1. The average molecular weight is 331 g/mol. The molecule has 0 saturated carbocycles. The highest BCUT2D eigenvalue weighted by atomic mass is 16.5. The van der Waals surface area contributed by atoms with Crippen LogP contribution in [0.3, 0.4) is 0 Å². The molecule has 5 heteroatoms. The van der Waals surface area contributed by atoms with Gasteiger partial charge in [0.25, 0.3) is 0 Å². The smallest absolute Gasteiger partial charge is 0.243 e. The highest BCUT2D eigenvalue weighted by Gasteiger charge is 2.15. The monoisotopic (exact) mass is 331 g/mol. The summed E-state index contributed by atoms with van der Waals surface area (Å²) in [4.78, 5) is 10.8. The quantitative estimate of drug-likeness (QED) is 0.197. The molecule has 0 rings (SSSR count). The second kappa shape index (κ2) is 16.2. The Morgan fingerprint density at radius 1 is 0.783 bits per heavy atom. The fraction of sp³-hybridized carbons (Fsp3) is 0.944. The van der Waals surface area contributed by atoms with Gasteiger partial charge in [-0.3, -0.25) is 10.0 Å². The first-order valence-corrected chi connectivity index (χ1v) is 9.40. The molecule has 0 aliphatic rings. The molecule has 2 unspecified atom stereocenters. The van der Waals surface area contributed by atoms with Crippen LogP contribution in [-0.2, 0) is 4.79 Å². The highest BCUT2D eigenvalue weighted by Crippen LogP contribution is 2.15. The SMILES string of the molecule is CCCCCCCCC(O)C(O)CCCCCCCC(=O)NO. The van der Waals surface area contributed by atoms with Crippen LogP contribution in [0.5, 0.6) is 0 Å². The highest BCUT2D eigenvalue weighted by molar-refractivity contribution is 5.74. The van der Waals surface area contributed by atoms with Crippen molar-refractivity contribution in [2.45, 2.75) is 109 Å². The van der Waals surface area contributed by atoms with Gasteiger partial charge in [-0.25, -0.2) is 5.48 Å².